The van der Waals surface area contributed by atoms with Gasteiger partial charge in [0.2, 0.25) is 0 Å². The Kier molecular flexibility index (Phi) is 7.95. The van der Waals surface area contributed by atoms with Crippen LogP contribution in [0.2, 0.25) is 0 Å². The molecule has 2 saturated heterocycles. The molecule has 0 saturated carbocycles. The fourth-order valence-electron chi connectivity index (χ4n) is 4.94. The molecule has 0 radical (unpaired) electrons. The van der Waals surface area contributed by atoms with Crippen molar-refractivity contribution in [1.82, 2.24) is 14.3 Å². The van der Waals surface area contributed by atoms with Crippen LogP contribution in [0.3, 0.4) is 0 Å². The quantitative estimate of drug-likeness (QED) is 0.302. The number of amides is 1. The average Bonchev–Trinajstić information content (AvgIpc) is 3.21. The third-order valence-electron chi connectivity index (χ3n) is 7.29. The average molecular weight is 565 g/mol. The van der Waals surface area contributed by atoms with Crippen LogP contribution in [0, 0.1) is 12.8 Å². The summed E-state index contributed by atoms with van der Waals surface area (Å²) < 4.78 is 12.8. The van der Waals surface area contributed by atoms with E-state index in [2.05, 4.69) is 11.8 Å². The Hall–Kier alpha value is -3.37. The number of anilines is 1. The van der Waals surface area contributed by atoms with Crippen molar-refractivity contribution < 1.29 is 14.3 Å². The van der Waals surface area contributed by atoms with Gasteiger partial charge in [-0.3, -0.25) is 18.9 Å². The summed E-state index contributed by atoms with van der Waals surface area (Å²) in [6.07, 6.45) is 6.14. The van der Waals surface area contributed by atoms with Crippen LogP contribution in [0.5, 0.6) is 11.5 Å². The summed E-state index contributed by atoms with van der Waals surface area (Å²) in [6.45, 7) is 6.25. The molecule has 2 aliphatic heterocycles. The molecule has 1 amide bonds. The van der Waals surface area contributed by atoms with E-state index in [1.165, 1.54) is 11.8 Å². The van der Waals surface area contributed by atoms with Crippen LogP contribution in [-0.2, 0) is 11.2 Å². The predicted octanol–water partition coefficient (Wildman–Crippen LogP) is 4.70. The molecule has 0 unspecified atom stereocenters. The highest BCUT2D eigenvalue weighted by Gasteiger charge is 2.33. The van der Waals surface area contributed by atoms with E-state index in [1.54, 1.807) is 35.8 Å². The summed E-state index contributed by atoms with van der Waals surface area (Å²) in [7, 11) is 3.19. The Bertz CT molecular complexity index is 1530. The maximum atomic E-state index is 13.8. The summed E-state index contributed by atoms with van der Waals surface area (Å²) >= 11 is 6.81. The lowest BCUT2D eigenvalue weighted by Gasteiger charge is -2.32. The first-order chi connectivity index (χ1) is 18.8. The van der Waals surface area contributed by atoms with E-state index in [1.807, 2.05) is 37.3 Å². The lowest BCUT2D eigenvalue weighted by atomic mass is 9.99. The smallest absolute Gasteiger partial charge is 0.267 e. The van der Waals surface area contributed by atoms with Gasteiger partial charge in [-0.15, -0.1) is 0 Å². The molecule has 0 N–H and O–H groups in total. The van der Waals surface area contributed by atoms with Crippen molar-refractivity contribution in [2.24, 2.45) is 5.92 Å². The van der Waals surface area contributed by atoms with Gasteiger partial charge < -0.3 is 14.4 Å². The molecule has 5 rings (SSSR count). The molecular weight excluding hydrogens is 532 g/mol. The highest BCUT2D eigenvalue weighted by atomic mass is 32.2. The minimum atomic E-state index is -0.197. The number of benzene rings is 1. The molecule has 0 atom stereocenters. The predicted molar refractivity (Wildman–Crippen MR) is 160 cm³/mol. The molecule has 0 spiro atoms. The van der Waals surface area contributed by atoms with Crippen LogP contribution in [0.4, 0.5) is 5.82 Å². The number of rotatable bonds is 7. The number of piperidine rings is 1. The largest absolute Gasteiger partial charge is 0.493 e. The number of nitrogens with zero attached hydrogens (tertiary/aromatic N) is 4. The molecule has 0 aliphatic carbocycles. The van der Waals surface area contributed by atoms with Crippen molar-refractivity contribution in [3.63, 3.8) is 0 Å². The number of methoxy groups -OCH3 is 2. The first-order valence-corrected chi connectivity index (χ1v) is 14.3. The number of thioether (sulfide) groups is 1. The van der Waals surface area contributed by atoms with Crippen molar-refractivity contribution in [2.45, 2.75) is 33.1 Å². The fourth-order valence-corrected chi connectivity index (χ4v) is 6.23. The molecule has 204 valence electrons. The topological polar surface area (TPSA) is 76.4 Å². The molecule has 2 aliphatic rings. The van der Waals surface area contributed by atoms with Crippen LogP contribution < -0.4 is 19.9 Å². The number of carbonyl (C=O) groups is 1. The highest BCUT2D eigenvalue weighted by Crippen LogP contribution is 2.35. The molecule has 3 aromatic rings. The first kappa shape index (κ1) is 27.2. The summed E-state index contributed by atoms with van der Waals surface area (Å²) in [5.74, 6) is 2.36. The zero-order valence-corrected chi connectivity index (χ0v) is 24.2. The minimum Gasteiger partial charge on any atom is -0.493 e. The van der Waals surface area contributed by atoms with Gasteiger partial charge in [-0.25, -0.2) is 4.98 Å². The Morgan fingerprint density at radius 1 is 1.10 bits per heavy atom. The van der Waals surface area contributed by atoms with E-state index in [4.69, 9.17) is 26.7 Å². The lowest BCUT2D eigenvalue weighted by Crippen LogP contribution is -2.36. The zero-order chi connectivity index (χ0) is 27.7. The van der Waals surface area contributed by atoms with Crippen molar-refractivity contribution >= 4 is 51.7 Å². The summed E-state index contributed by atoms with van der Waals surface area (Å²) in [5.41, 5.74) is 2.79. The van der Waals surface area contributed by atoms with E-state index in [-0.39, 0.29) is 11.5 Å². The van der Waals surface area contributed by atoms with Crippen LogP contribution >= 0.6 is 24.0 Å². The number of fused-ring (bicyclic) bond motifs is 1. The maximum absolute atomic E-state index is 13.8. The van der Waals surface area contributed by atoms with E-state index in [0.717, 1.165) is 37.1 Å². The SMILES string of the molecule is COc1ccc(CCN2C(=O)/C(=C\c3c(N4CCC(C)CC4)nc4ccc(C)cn4c3=O)SC2=S)cc1OC. The summed E-state index contributed by atoms with van der Waals surface area (Å²) in [6, 6.07) is 9.52. The number of hydrogen-bond donors (Lipinski definition) is 0. The van der Waals surface area contributed by atoms with Gasteiger partial charge in [0.15, 0.2) is 11.5 Å². The Morgan fingerprint density at radius 3 is 2.56 bits per heavy atom. The van der Waals surface area contributed by atoms with Gasteiger partial charge >= 0.3 is 0 Å². The van der Waals surface area contributed by atoms with Gasteiger partial charge in [-0.1, -0.05) is 43.0 Å². The van der Waals surface area contributed by atoms with Crippen molar-refractivity contribution in [3.8, 4) is 11.5 Å². The lowest BCUT2D eigenvalue weighted by molar-refractivity contribution is -0.122. The van der Waals surface area contributed by atoms with E-state index in [9.17, 15) is 9.59 Å². The second-order valence-corrected chi connectivity index (χ2v) is 11.7. The monoisotopic (exact) mass is 564 g/mol. The highest BCUT2D eigenvalue weighted by molar-refractivity contribution is 8.26. The molecule has 2 fully saturated rings. The van der Waals surface area contributed by atoms with Crippen LogP contribution in [0.1, 0.15) is 36.5 Å². The van der Waals surface area contributed by atoms with Crippen molar-refractivity contribution in [2.75, 3.05) is 38.8 Å². The summed E-state index contributed by atoms with van der Waals surface area (Å²) in [5, 5.41) is 0. The summed E-state index contributed by atoms with van der Waals surface area (Å²) in [4.78, 5) is 36.3. The van der Waals surface area contributed by atoms with Gasteiger partial charge in [0, 0.05) is 25.8 Å². The van der Waals surface area contributed by atoms with E-state index < -0.39 is 0 Å². The molecular formula is C29H32N4O4S2. The molecule has 39 heavy (non-hydrogen) atoms. The number of pyridine rings is 1. The third-order valence-corrected chi connectivity index (χ3v) is 8.67. The van der Waals surface area contributed by atoms with Gasteiger partial charge in [0.1, 0.15) is 15.8 Å². The Labute approximate surface area is 237 Å². The molecule has 1 aromatic carbocycles. The van der Waals surface area contributed by atoms with Gasteiger partial charge in [-0.05, 0) is 67.5 Å². The van der Waals surface area contributed by atoms with Crippen LogP contribution in [0.15, 0.2) is 46.2 Å². The van der Waals surface area contributed by atoms with Crippen LogP contribution in [0.25, 0.3) is 11.7 Å². The fraction of sp³-hybridized carbons (Fsp3) is 0.379. The molecule has 0 bridgehead atoms. The number of hydrogen-bond acceptors (Lipinski definition) is 8. The van der Waals surface area contributed by atoms with Gasteiger partial charge in [0.25, 0.3) is 11.5 Å². The van der Waals surface area contributed by atoms with Crippen LogP contribution in [-0.4, -0.2) is 58.4 Å². The Balaban J connectivity index is 1.46. The van der Waals surface area contributed by atoms with Crippen molar-refractivity contribution in [1.29, 1.82) is 0 Å². The second kappa shape index (κ2) is 11.4. The van der Waals surface area contributed by atoms with Gasteiger partial charge in [-0.2, -0.15) is 0 Å². The molecule has 10 heteroatoms. The molecule has 2 aromatic heterocycles. The first-order valence-electron chi connectivity index (χ1n) is 13.0. The van der Waals surface area contributed by atoms with Gasteiger partial charge in [0.05, 0.1) is 24.7 Å². The Morgan fingerprint density at radius 2 is 1.85 bits per heavy atom. The normalized spacial score (nSPS) is 17.5. The van der Waals surface area contributed by atoms with Crippen molar-refractivity contribution in [3.05, 3.63) is 68.5 Å². The van der Waals surface area contributed by atoms with E-state index in [0.29, 0.717) is 56.6 Å². The zero-order valence-electron chi connectivity index (χ0n) is 22.6. The van der Waals surface area contributed by atoms with E-state index >= 15 is 0 Å². The number of carbonyl (C=O) groups excluding carboxylic acids is 1. The standard InChI is InChI=1S/C29H32N4O4S2/c1-18-9-12-31(13-10-18)26-21(27(34)33-17-19(2)5-8-25(33)30-26)16-24-28(35)32(29(38)39-24)14-11-20-6-7-22(36-3)23(15-20)37-4/h5-8,15-18H,9-14H2,1-4H3/b24-16+. The number of aryl methyl sites for hydroxylation is 1. The molecule has 8 nitrogen and oxygen atoms in total. The minimum absolute atomic E-state index is 0.187. The number of thiocarbonyl (C=S) groups is 1. The second-order valence-electron chi connectivity index (χ2n) is 10.0. The molecule has 4 heterocycles. The maximum Gasteiger partial charge on any atom is 0.267 e. The third kappa shape index (κ3) is 5.53. The number of ether oxygens (including phenoxy) is 2. The number of aromatic nitrogens is 2.